The van der Waals surface area contributed by atoms with E-state index in [2.05, 4.69) is 10.3 Å². The number of hydrogen-bond donors (Lipinski definition) is 3. The molecule has 1 heterocycles. The Balaban J connectivity index is 2.08. The van der Waals surface area contributed by atoms with Crippen LogP contribution in [0.2, 0.25) is 5.02 Å². The number of nitrogens with zero attached hydrogens (tertiary/aromatic N) is 1. The van der Waals surface area contributed by atoms with Crippen molar-refractivity contribution in [1.29, 1.82) is 0 Å². The van der Waals surface area contributed by atoms with E-state index in [-0.39, 0.29) is 12.0 Å². The molecule has 0 aliphatic carbocycles. The van der Waals surface area contributed by atoms with Crippen LogP contribution in [0, 0.1) is 0 Å². The van der Waals surface area contributed by atoms with Crippen molar-refractivity contribution in [2.45, 2.75) is 70.7 Å². The molecule has 1 amide bonds. The van der Waals surface area contributed by atoms with E-state index in [4.69, 9.17) is 32.5 Å². The van der Waals surface area contributed by atoms with Gasteiger partial charge in [-0.3, -0.25) is 4.79 Å². The Morgan fingerprint density at radius 3 is 2.46 bits per heavy atom. The van der Waals surface area contributed by atoms with Crippen molar-refractivity contribution in [3.63, 3.8) is 0 Å². The van der Waals surface area contributed by atoms with Gasteiger partial charge >= 0.3 is 5.97 Å². The predicted octanol–water partition coefficient (Wildman–Crippen LogP) is 4.20. The number of amides is 1. The number of benzene rings is 2. The smallest absolute Gasteiger partial charge is 0.333 e. The second kappa shape index (κ2) is 10.3. The van der Waals surface area contributed by atoms with Crippen molar-refractivity contribution in [3.05, 3.63) is 58.6 Å². The average molecular weight is 501 g/mol. The first-order valence-electron chi connectivity index (χ1n) is 11.6. The minimum atomic E-state index is -1.71. The Hall–Kier alpha value is -3.10. The molecular formula is C26H33ClN4O4. The number of carbonyl (C=O) groups excluding carboxylic acids is 2. The molecule has 0 saturated carbocycles. The summed E-state index contributed by atoms with van der Waals surface area (Å²) in [6, 6.07) is 10.8. The van der Waals surface area contributed by atoms with Gasteiger partial charge in [-0.2, -0.15) is 0 Å². The molecule has 0 radical (unpaired) electrons. The van der Waals surface area contributed by atoms with Gasteiger partial charge in [-0.15, -0.1) is 0 Å². The third kappa shape index (κ3) is 5.94. The largest absolute Gasteiger partial charge is 0.481 e. The molecule has 0 fully saturated rings. The van der Waals surface area contributed by atoms with Crippen molar-refractivity contribution in [2.75, 3.05) is 0 Å². The lowest BCUT2D eigenvalue weighted by molar-refractivity contribution is -0.163. The molecule has 188 valence electrons. The van der Waals surface area contributed by atoms with E-state index < -0.39 is 23.2 Å². The van der Waals surface area contributed by atoms with Gasteiger partial charge in [-0.1, -0.05) is 31.0 Å². The SMILES string of the molecule is CCCC(NC(=O)c1ccc(Cl)cc1)C(N)(C(=O)OC(C)(C)C)c1ccc2c(c1)N=C(N)C(C)O2. The molecule has 1 aliphatic heterocycles. The molecule has 3 rings (SSSR count). The Morgan fingerprint density at radius 2 is 1.86 bits per heavy atom. The molecule has 0 bridgehead atoms. The minimum absolute atomic E-state index is 0.315. The van der Waals surface area contributed by atoms with Crippen LogP contribution in [0.25, 0.3) is 0 Å². The number of nitrogens with two attached hydrogens (primary N) is 2. The topological polar surface area (TPSA) is 129 Å². The number of esters is 1. The summed E-state index contributed by atoms with van der Waals surface area (Å²) in [6.45, 7) is 9.04. The van der Waals surface area contributed by atoms with E-state index in [9.17, 15) is 9.59 Å². The van der Waals surface area contributed by atoms with Crippen LogP contribution in [0.4, 0.5) is 5.69 Å². The number of carbonyl (C=O) groups is 2. The number of rotatable bonds is 7. The van der Waals surface area contributed by atoms with Crippen molar-refractivity contribution in [2.24, 2.45) is 16.5 Å². The molecule has 2 aromatic carbocycles. The lowest BCUT2D eigenvalue weighted by atomic mass is 9.80. The van der Waals surface area contributed by atoms with E-state index in [1.807, 2.05) is 6.92 Å². The van der Waals surface area contributed by atoms with Gasteiger partial charge in [-0.25, -0.2) is 9.79 Å². The quantitative estimate of drug-likeness (QED) is 0.488. The predicted molar refractivity (Wildman–Crippen MR) is 137 cm³/mol. The second-order valence-electron chi connectivity index (χ2n) is 9.67. The number of amidine groups is 1. The number of nitrogens with one attached hydrogen (secondary N) is 1. The first-order chi connectivity index (χ1) is 16.3. The molecule has 0 spiro atoms. The van der Waals surface area contributed by atoms with Gasteiger partial charge in [0.25, 0.3) is 5.91 Å². The molecule has 1 aliphatic rings. The first-order valence-corrected chi connectivity index (χ1v) is 12.0. The highest BCUT2D eigenvalue weighted by Crippen LogP contribution is 2.38. The normalized spacial score (nSPS) is 17.8. The molecule has 9 heteroatoms. The standard InChI is InChI=1S/C26H33ClN4O4/c1-6-7-21(31-23(32)16-8-11-18(27)12-9-16)26(29,24(33)35-25(3,4)5)17-10-13-20-19(14-17)30-22(28)15(2)34-20/h8-15,21H,6-7,29H2,1-5H3,(H2,28,30)(H,31,32). The Bertz CT molecular complexity index is 1130. The van der Waals surface area contributed by atoms with Crippen LogP contribution < -0.4 is 21.5 Å². The maximum Gasteiger partial charge on any atom is 0.333 e. The lowest BCUT2D eigenvalue weighted by Crippen LogP contribution is -2.62. The van der Waals surface area contributed by atoms with Gasteiger partial charge in [0.15, 0.2) is 11.6 Å². The highest BCUT2D eigenvalue weighted by atomic mass is 35.5. The van der Waals surface area contributed by atoms with Crippen molar-refractivity contribution in [1.82, 2.24) is 5.32 Å². The van der Waals surface area contributed by atoms with E-state index in [1.54, 1.807) is 70.2 Å². The number of halogens is 1. The monoisotopic (exact) mass is 500 g/mol. The third-order valence-electron chi connectivity index (χ3n) is 5.68. The summed E-state index contributed by atoms with van der Waals surface area (Å²) in [6.07, 6.45) is 0.711. The summed E-state index contributed by atoms with van der Waals surface area (Å²) >= 11 is 5.96. The average Bonchev–Trinajstić information content (AvgIpc) is 2.78. The fourth-order valence-corrected chi connectivity index (χ4v) is 3.94. The van der Waals surface area contributed by atoms with E-state index in [0.717, 1.165) is 0 Å². The van der Waals surface area contributed by atoms with Gasteiger partial charge in [0.1, 0.15) is 22.9 Å². The maximum atomic E-state index is 13.6. The van der Waals surface area contributed by atoms with Gasteiger partial charge in [-0.05, 0) is 76.1 Å². The van der Waals surface area contributed by atoms with Crippen LogP contribution in [-0.2, 0) is 15.1 Å². The molecule has 8 nitrogen and oxygen atoms in total. The van der Waals surface area contributed by atoms with Crippen LogP contribution in [0.5, 0.6) is 5.75 Å². The number of fused-ring (bicyclic) bond motifs is 1. The Morgan fingerprint density at radius 1 is 1.20 bits per heavy atom. The lowest BCUT2D eigenvalue weighted by Gasteiger charge is -2.38. The van der Waals surface area contributed by atoms with Crippen LogP contribution in [0.15, 0.2) is 47.5 Å². The Labute approximate surface area is 211 Å². The Kier molecular flexibility index (Phi) is 7.77. The minimum Gasteiger partial charge on any atom is -0.481 e. The second-order valence-corrected chi connectivity index (χ2v) is 10.1. The molecule has 0 saturated heterocycles. The van der Waals surface area contributed by atoms with Gasteiger partial charge < -0.3 is 26.3 Å². The molecule has 2 aromatic rings. The fraction of sp³-hybridized carbons (Fsp3) is 0.423. The summed E-state index contributed by atoms with van der Waals surface area (Å²) in [7, 11) is 0. The van der Waals surface area contributed by atoms with Gasteiger partial charge in [0.2, 0.25) is 0 Å². The molecule has 3 unspecified atom stereocenters. The van der Waals surface area contributed by atoms with Crippen LogP contribution in [0.3, 0.4) is 0 Å². The van der Waals surface area contributed by atoms with Crippen LogP contribution in [-0.4, -0.2) is 35.5 Å². The van der Waals surface area contributed by atoms with Crippen LogP contribution >= 0.6 is 11.6 Å². The zero-order valence-corrected chi connectivity index (χ0v) is 21.5. The van der Waals surface area contributed by atoms with E-state index >= 15 is 0 Å². The molecule has 3 atom stereocenters. The highest BCUT2D eigenvalue weighted by molar-refractivity contribution is 6.30. The fourth-order valence-electron chi connectivity index (χ4n) is 3.81. The summed E-state index contributed by atoms with van der Waals surface area (Å²) in [5, 5.41) is 3.47. The van der Waals surface area contributed by atoms with Crippen molar-refractivity contribution < 1.29 is 19.1 Å². The van der Waals surface area contributed by atoms with Gasteiger partial charge in [0, 0.05) is 10.6 Å². The van der Waals surface area contributed by atoms with Gasteiger partial charge in [0.05, 0.1) is 6.04 Å². The summed E-state index contributed by atoms with van der Waals surface area (Å²) in [4.78, 5) is 31.2. The molecule has 0 aromatic heterocycles. The summed E-state index contributed by atoms with van der Waals surface area (Å²) < 4.78 is 11.5. The van der Waals surface area contributed by atoms with E-state index in [0.29, 0.717) is 46.3 Å². The van der Waals surface area contributed by atoms with E-state index in [1.165, 1.54) is 0 Å². The van der Waals surface area contributed by atoms with Crippen molar-refractivity contribution in [3.8, 4) is 5.75 Å². The van der Waals surface area contributed by atoms with Crippen LogP contribution in [0.1, 0.15) is 63.4 Å². The highest BCUT2D eigenvalue weighted by Gasteiger charge is 2.47. The molecule has 5 N–H and O–H groups in total. The zero-order valence-electron chi connectivity index (χ0n) is 20.7. The summed E-state index contributed by atoms with van der Waals surface area (Å²) in [5.74, 6) is -0.201. The third-order valence-corrected chi connectivity index (χ3v) is 5.93. The number of ether oxygens (including phenoxy) is 2. The molecule has 35 heavy (non-hydrogen) atoms. The zero-order chi connectivity index (χ0) is 26.0. The number of hydrogen-bond acceptors (Lipinski definition) is 7. The van der Waals surface area contributed by atoms with Crippen molar-refractivity contribution >= 4 is 35.0 Å². The number of aliphatic imine (C=N–C) groups is 1. The maximum absolute atomic E-state index is 13.6. The summed E-state index contributed by atoms with van der Waals surface area (Å²) in [5.41, 5.74) is 11.7. The molecular weight excluding hydrogens is 468 g/mol. The first kappa shape index (κ1) is 26.5.